The predicted octanol–water partition coefficient (Wildman–Crippen LogP) is 4.34. The Balaban J connectivity index is 1.78. The topological polar surface area (TPSA) is 24.1 Å². The van der Waals surface area contributed by atoms with Crippen LogP contribution in [0.1, 0.15) is 25.0 Å². The molecule has 2 rings (SSSR count). The van der Waals surface area contributed by atoms with E-state index in [1.165, 1.54) is 22.5 Å². The molecule has 20 heavy (non-hydrogen) atoms. The van der Waals surface area contributed by atoms with Gasteiger partial charge in [0, 0.05) is 24.5 Å². The number of hydrogen-bond donors (Lipinski definition) is 2. The molecule has 2 heteroatoms. The summed E-state index contributed by atoms with van der Waals surface area (Å²) < 4.78 is 0. The van der Waals surface area contributed by atoms with Gasteiger partial charge in [-0.15, -0.1) is 0 Å². The molecule has 0 radical (unpaired) electrons. The highest BCUT2D eigenvalue weighted by atomic mass is 14.9. The SMILES string of the molecule is CCc1cccc(NCCNc2cccc(CC)c2)c1. The first kappa shape index (κ1) is 14.4. The Morgan fingerprint density at radius 1 is 0.700 bits per heavy atom. The second-order valence-corrected chi connectivity index (χ2v) is 4.96. The maximum atomic E-state index is 3.46. The summed E-state index contributed by atoms with van der Waals surface area (Å²) in [5.41, 5.74) is 5.15. The number of benzene rings is 2. The van der Waals surface area contributed by atoms with Crippen molar-refractivity contribution in [3.8, 4) is 0 Å². The molecule has 0 aliphatic heterocycles. The normalized spacial score (nSPS) is 10.3. The minimum atomic E-state index is 0.920. The van der Waals surface area contributed by atoms with Gasteiger partial charge in [0.15, 0.2) is 0 Å². The Bertz CT molecular complexity index is 485. The van der Waals surface area contributed by atoms with Crippen molar-refractivity contribution in [1.29, 1.82) is 0 Å². The van der Waals surface area contributed by atoms with Crippen molar-refractivity contribution in [2.45, 2.75) is 26.7 Å². The fourth-order valence-electron chi connectivity index (χ4n) is 2.22. The number of hydrogen-bond acceptors (Lipinski definition) is 2. The Kier molecular flexibility index (Phi) is 5.48. The second-order valence-electron chi connectivity index (χ2n) is 4.96. The largest absolute Gasteiger partial charge is 0.383 e. The Morgan fingerprint density at radius 2 is 1.15 bits per heavy atom. The van der Waals surface area contributed by atoms with E-state index < -0.39 is 0 Å². The Labute approximate surface area is 122 Å². The fourth-order valence-corrected chi connectivity index (χ4v) is 2.22. The van der Waals surface area contributed by atoms with E-state index in [4.69, 9.17) is 0 Å². The zero-order valence-electron chi connectivity index (χ0n) is 12.4. The van der Waals surface area contributed by atoms with Gasteiger partial charge in [-0.1, -0.05) is 38.1 Å². The van der Waals surface area contributed by atoms with Crippen LogP contribution in [-0.2, 0) is 12.8 Å². The molecule has 2 nitrogen and oxygen atoms in total. The van der Waals surface area contributed by atoms with Gasteiger partial charge in [-0.2, -0.15) is 0 Å². The van der Waals surface area contributed by atoms with E-state index >= 15 is 0 Å². The summed E-state index contributed by atoms with van der Waals surface area (Å²) in [6.07, 6.45) is 2.16. The summed E-state index contributed by atoms with van der Waals surface area (Å²) in [4.78, 5) is 0. The molecule has 0 spiro atoms. The van der Waals surface area contributed by atoms with Crippen LogP contribution in [0.4, 0.5) is 11.4 Å². The smallest absolute Gasteiger partial charge is 0.0343 e. The lowest BCUT2D eigenvalue weighted by Gasteiger charge is -2.10. The van der Waals surface area contributed by atoms with Gasteiger partial charge in [0.1, 0.15) is 0 Å². The van der Waals surface area contributed by atoms with E-state index in [1.54, 1.807) is 0 Å². The molecule has 2 N–H and O–H groups in total. The molecule has 0 atom stereocenters. The number of nitrogens with one attached hydrogen (secondary N) is 2. The van der Waals surface area contributed by atoms with E-state index in [0.29, 0.717) is 0 Å². The minimum Gasteiger partial charge on any atom is -0.383 e. The third kappa shape index (κ3) is 4.30. The van der Waals surface area contributed by atoms with Gasteiger partial charge < -0.3 is 10.6 Å². The van der Waals surface area contributed by atoms with Crippen LogP contribution in [0.2, 0.25) is 0 Å². The van der Waals surface area contributed by atoms with Crippen LogP contribution in [-0.4, -0.2) is 13.1 Å². The Morgan fingerprint density at radius 3 is 1.55 bits per heavy atom. The van der Waals surface area contributed by atoms with E-state index in [-0.39, 0.29) is 0 Å². The van der Waals surface area contributed by atoms with Crippen LogP contribution in [0.3, 0.4) is 0 Å². The maximum absolute atomic E-state index is 3.46. The maximum Gasteiger partial charge on any atom is 0.0343 e. The fraction of sp³-hybridized carbons (Fsp3) is 0.333. The molecule has 0 heterocycles. The molecule has 2 aromatic carbocycles. The summed E-state index contributed by atoms with van der Waals surface area (Å²) in [7, 11) is 0. The third-order valence-electron chi connectivity index (χ3n) is 3.45. The first-order chi connectivity index (χ1) is 9.81. The van der Waals surface area contributed by atoms with Crippen molar-refractivity contribution in [3.63, 3.8) is 0 Å². The lowest BCUT2D eigenvalue weighted by molar-refractivity contribution is 1.07. The molecular weight excluding hydrogens is 244 g/mol. The molecule has 0 saturated heterocycles. The zero-order chi connectivity index (χ0) is 14.2. The average molecular weight is 268 g/mol. The lowest BCUT2D eigenvalue weighted by Crippen LogP contribution is -2.13. The van der Waals surface area contributed by atoms with Gasteiger partial charge >= 0.3 is 0 Å². The number of aryl methyl sites for hydroxylation is 2. The van der Waals surface area contributed by atoms with Gasteiger partial charge in [0.2, 0.25) is 0 Å². The van der Waals surface area contributed by atoms with Gasteiger partial charge in [-0.05, 0) is 48.2 Å². The molecule has 106 valence electrons. The van der Waals surface area contributed by atoms with Gasteiger partial charge in [-0.3, -0.25) is 0 Å². The van der Waals surface area contributed by atoms with Crippen LogP contribution >= 0.6 is 0 Å². The van der Waals surface area contributed by atoms with Crippen molar-refractivity contribution >= 4 is 11.4 Å². The zero-order valence-corrected chi connectivity index (χ0v) is 12.4. The summed E-state index contributed by atoms with van der Waals surface area (Å²) in [6.45, 7) is 6.20. The number of anilines is 2. The average Bonchev–Trinajstić information content (AvgIpc) is 2.52. The van der Waals surface area contributed by atoms with Crippen molar-refractivity contribution in [3.05, 3.63) is 59.7 Å². The molecule has 2 aromatic rings. The molecule has 0 aliphatic rings. The number of rotatable bonds is 7. The summed E-state index contributed by atoms with van der Waals surface area (Å²) in [6, 6.07) is 17.2. The predicted molar refractivity (Wildman–Crippen MR) is 88.6 cm³/mol. The van der Waals surface area contributed by atoms with Crippen LogP contribution < -0.4 is 10.6 Å². The molecule has 0 fully saturated rings. The highest BCUT2D eigenvalue weighted by Crippen LogP contribution is 2.12. The van der Waals surface area contributed by atoms with Crippen molar-refractivity contribution in [2.75, 3.05) is 23.7 Å². The lowest BCUT2D eigenvalue weighted by atomic mass is 10.1. The van der Waals surface area contributed by atoms with Crippen LogP contribution in [0.25, 0.3) is 0 Å². The van der Waals surface area contributed by atoms with E-state index in [1.807, 2.05) is 0 Å². The summed E-state index contributed by atoms with van der Waals surface area (Å²) >= 11 is 0. The molecule has 0 bridgehead atoms. The second kappa shape index (κ2) is 7.59. The first-order valence-electron chi connectivity index (χ1n) is 7.47. The van der Waals surface area contributed by atoms with Crippen molar-refractivity contribution < 1.29 is 0 Å². The van der Waals surface area contributed by atoms with Gasteiger partial charge in [0.25, 0.3) is 0 Å². The van der Waals surface area contributed by atoms with E-state index in [0.717, 1.165) is 25.9 Å². The first-order valence-corrected chi connectivity index (χ1v) is 7.47. The third-order valence-corrected chi connectivity index (χ3v) is 3.45. The molecule has 0 saturated carbocycles. The minimum absolute atomic E-state index is 0.920. The molecule has 0 unspecified atom stereocenters. The molecular formula is C18H24N2. The monoisotopic (exact) mass is 268 g/mol. The van der Waals surface area contributed by atoms with Crippen LogP contribution in [0.15, 0.2) is 48.5 Å². The molecule has 0 amide bonds. The van der Waals surface area contributed by atoms with Crippen LogP contribution in [0, 0.1) is 0 Å². The highest BCUT2D eigenvalue weighted by molar-refractivity contribution is 5.48. The van der Waals surface area contributed by atoms with Crippen LogP contribution in [0.5, 0.6) is 0 Å². The van der Waals surface area contributed by atoms with E-state index in [9.17, 15) is 0 Å². The highest BCUT2D eigenvalue weighted by Gasteiger charge is 1.95. The van der Waals surface area contributed by atoms with Crippen molar-refractivity contribution in [1.82, 2.24) is 0 Å². The Hall–Kier alpha value is -1.96. The van der Waals surface area contributed by atoms with E-state index in [2.05, 4.69) is 73.0 Å². The van der Waals surface area contributed by atoms with Crippen molar-refractivity contribution in [2.24, 2.45) is 0 Å². The quantitative estimate of drug-likeness (QED) is 0.730. The summed E-state index contributed by atoms with van der Waals surface area (Å²) in [5.74, 6) is 0. The van der Waals surface area contributed by atoms with Gasteiger partial charge in [0.05, 0.1) is 0 Å². The standard InChI is InChI=1S/C18H24N2/c1-3-15-7-5-9-17(13-15)19-11-12-20-18-10-6-8-16(4-2)14-18/h5-10,13-14,19-20H,3-4,11-12H2,1-2H3. The molecule has 0 aliphatic carbocycles. The summed E-state index contributed by atoms with van der Waals surface area (Å²) in [5, 5.41) is 6.91. The molecule has 0 aromatic heterocycles. The van der Waals surface area contributed by atoms with Gasteiger partial charge in [-0.25, -0.2) is 0 Å².